The number of aromatic nitrogens is 2. The van der Waals surface area contributed by atoms with Crippen molar-refractivity contribution in [2.75, 3.05) is 18.1 Å². The van der Waals surface area contributed by atoms with Gasteiger partial charge in [0.25, 0.3) is 0 Å². The van der Waals surface area contributed by atoms with Crippen LogP contribution in [0.15, 0.2) is 33.6 Å². The summed E-state index contributed by atoms with van der Waals surface area (Å²) >= 11 is 5.41. The van der Waals surface area contributed by atoms with Crippen LogP contribution in [0.4, 0.5) is 5.82 Å². The average Bonchev–Trinajstić information content (AvgIpc) is 3.34. The van der Waals surface area contributed by atoms with Crippen LogP contribution in [0, 0.1) is 0 Å². The molecule has 1 fully saturated rings. The minimum absolute atomic E-state index is 0.587. The summed E-state index contributed by atoms with van der Waals surface area (Å²) in [5, 5.41) is 3.33. The second-order valence-electron chi connectivity index (χ2n) is 5.13. The molecule has 0 spiro atoms. The normalized spacial score (nSPS) is 14.2. The molecule has 3 nitrogen and oxygen atoms in total. The van der Waals surface area contributed by atoms with Gasteiger partial charge in [0.15, 0.2) is 5.82 Å². The lowest BCUT2D eigenvalue weighted by atomic mass is 10.2. The first-order valence-corrected chi connectivity index (χ1v) is 9.20. The zero-order valence-corrected chi connectivity index (χ0v) is 14.6. The number of nitrogens with one attached hydrogen (secondary N) is 1. The zero-order chi connectivity index (χ0) is 14.8. The maximum absolute atomic E-state index is 4.80. The van der Waals surface area contributed by atoms with Gasteiger partial charge in [0.05, 0.1) is 10.2 Å². The smallest absolute Gasteiger partial charge is 0.161 e. The molecule has 5 heteroatoms. The highest BCUT2D eigenvalue weighted by molar-refractivity contribution is 9.10. The molecule has 1 saturated carbocycles. The standard InChI is InChI=1S/C16H18BrN3S/c1-3-18-16-13(17)14(10-4-5-10)19-15(20-16)11-6-8-12(21-2)9-7-11/h6-10H,3-5H2,1-2H3,(H,18,19,20). The number of benzene rings is 1. The topological polar surface area (TPSA) is 37.8 Å². The van der Waals surface area contributed by atoms with E-state index in [0.717, 1.165) is 33.9 Å². The molecule has 0 unspecified atom stereocenters. The third-order valence-electron chi connectivity index (χ3n) is 3.53. The second-order valence-corrected chi connectivity index (χ2v) is 6.80. The zero-order valence-electron chi connectivity index (χ0n) is 12.2. The van der Waals surface area contributed by atoms with Crippen molar-refractivity contribution in [3.63, 3.8) is 0 Å². The van der Waals surface area contributed by atoms with Crippen molar-refractivity contribution >= 4 is 33.5 Å². The molecule has 2 aromatic rings. The van der Waals surface area contributed by atoms with Crippen molar-refractivity contribution in [3.8, 4) is 11.4 Å². The Hall–Kier alpha value is -1.07. The summed E-state index contributed by atoms with van der Waals surface area (Å²) in [5.41, 5.74) is 2.21. The molecule has 0 aliphatic heterocycles. The van der Waals surface area contributed by atoms with Crippen LogP contribution in [-0.4, -0.2) is 22.8 Å². The summed E-state index contributed by atoms with van der Waals surface area (Å²) in [6, 6.07) is 8.44. The predicted molar refractivity (Wildman–Crippen MR) is 93.1 cm³/mol. The van der Waals surface area contributed by atoms with Crippen LogP contribution in [0.3, 0.4) is 0 Å². The van der Waals surface area contributed by atoms with E-state index in [4.69, 9.17) is 4.98 Å². The third kappa shape index (κ3) is 3.24. The fourth-order valence-electron chi connectivity index (χ4n) is 2.25. The summed E-state index contributed by atoms with van der Waals surface area (Å²) < 4.78 is 1.02. The van der Waals surface area contributed by atoms with Gasteiger partial charge in [-0.1, -0.05) is 12.1 Å². The van der Waals surface area contributed by atoms with E-state index in [1.807, 2.05) is 0 Å². The van der Waals surface area contributed by atoms with Gasteiger partial charge < -0.3 is 5.32 Å². The van der Waals surface area contributed by atoms with Crippen molar-refractivity contribution in [1.29, 1.82) is 0 Å². The van der Waals surface area contributed by atoms with Crippen LogP contribution in [0.25, 0.3) is 11.4 Å². The first kappa shape index (κ1) is 14.9. The van der Waals surface area contributed by atoms with Gasteiger partial charge in [-0.3, -0.25) is 0 Å². The number of rotatable bonds is 5. The third-order valence-corrected chi connectivity index (χ3v) is 5.06. The molecule has 21 heavy (non-hydrogen) atoms. The molecule has 3 rings (SSSR count). The lowest BCUT2D eigenvalue weighted by Gasteiger charge is -2.12. The second kappa shape index (κ2) is 6.36. The summed E-state index contributed by atoms with van der Waals surface area (Å²) in [5.74, 6) is 2.30. The van der Waals surface area contributed by atoms with Gasteiger partial charge in [-0.2, -0.15) is 0 Å². The van der Waals surface area contributed by atoms with Crippen LogP contribution < -0.4 is 5.32 Å². The quantitative estimate of drug-likeness (QED) is 0.763. The van der Waals surface area contributed by atoms with E-state index >= 15 is 0 Å². The lowest BCUT2D eigenvalue weighted by molar-refractivity contribution is 0.973. The Morgan fingerprint density at radius 3 is 2.52 bits per heavy atom. The van der Waals surface area contributed by atoms with Crippen LogP contribution >= 0.6 is 27.7 Å². The van der Waals surface area contributed by atoms with Gasteiger partial charge >= 0.3 is 0 Å². The maximum atomic E-state index is 4.80. The molecular formula is C16H18BrN3S. The van der Waals surface area contributed by atoms with E-state index in [1.165, 1.54) is 17.7 Å². The summed E-state index contributed by atoms with van der Waals surface area (Å²) in [4.78, 5) is 10.7. The minimum Gasteiger partial charge on any atom is -0.369 e. The first-order valence-electron chi connectivity index (χ1n) is 7.18. The fourth-order valence-corrected chi connectivity index (χ4v) is 3.29. The number of hydrogen-bond acceptors (Lipinski definition) is 4. The van der Waals surface area contributed by atoms with Crippen molar-refractivity contribution in [2.45, 2.75) is 30.6 Å². The van der Waals surface area contributed by atoms with Gasteiger partial charge in [0, 0.05) is 22.9 Å². The Labute approximate surface area is 138 Å². The van der Waals surface area contributed by atoms with Crippen molar-refractivity contribution in [3.05, 3.63) is 34.4 Å². The van der Waals surface area contributed by atoms with Gasteiger partial charge in [-0.05, 0) is 54.1 Å². The van der Waals surface area contributed by atoms with E-state index in [2.05, 4.69) is 63.7 Å². The van der Waals surface area contributed by atoms with Crippen LogP contribution in [0.5, 0.6) is 0 Å². The molecular weight excluding hydrogens is 346 g/mol. The number of nitrogens with zero attached hydrogens (tertiary/aromatic N) is 2. The lowest BCUT2D eigenvalue weighted by Crippen LogP contribution is -2.05. The van der Waals surface area contributed by atoms with Crippen molar-refractivity contribution < 1.29 is 0 Å². The molecule has 0 radical (unpaired) electrons. The van der Waals surface area contributed by atoms with E-state index in [9.17, 15) is 0 Å². The summed E-state index contributed by atoms with van der Waals surface area (Å²) in [7, 11) is 0. The maximum Gasteiger partial charge on any atom is 0.161 e. The Kier molecular flexibility index (Phi) is 4.50. The molecule has 110 valence electrons. The molecule has 1 aliphatic rings. The fraction of sp³-hybridized carbons (Fsp3) is 0.375. The number of halogens is 1. The molecule has 1 N–H and O–H groups in total. The van der Waals surface area contributed by atoms with E-state index in [0.29, 0.717) is 5.92 Å². The van der Waals surface area contributed by atoms with Gasteiger partial charge in [0.1, 0.15) is 5.82 Å². The van der Waals surface area contributed by atoms with Crippen molar-refractivity contribution in [1.82, 2.24) is 9.97 Å². The molecule has 0 amide bonds. The van der Waals surface area contributed by atoms with Gasteiger partial charge in [-0.15, -0.1) is 11.8 Å². The SMILES string of the molecule is CCNc1nc(-c2ccc(SC)cc2)nc(C2CC2)c1Br. The molecule has 1 aromatic carbocycles. The number of hydrogen-bond donors (Lipinski definition) is 1. The van der Waals surface area contributed by atoms with Crippen molar-refractivity contribution in [2.24, 2.45) is 0 Å². The average molecular weight is 364 g/mol. The highest BCUT2D eigenvalue weighted by atomic mass is 79.9. The molecule has 1 aliphatic carbocycles. The monoisotopic (exact) mass is 363 g/mol. The molecule has 0 atom stereocenters. The Bertz CT molecular complexity index is 639. The van der Waals surface area contributed by atoms with Crippen LogP contribution in [0.2, 0.25) is 0 Å². The van der Waals surface area contributed by atoms with E-state index < -0.39 is 0 Å². The molecule has 0 bridgehead atoms. The summed E-state index contributed by atoms with van der Waals surface area (Å²) in [6.07, 6.45) is 4.54. The Morgan fingerprint density at radius 2 is 1.95 bits per heavy atom. The minimum atomic E-state index is 0.587. The van der Waals surface area contributed by atoms with Crippen LogP contribution in [0.1, 0.15) is 31.4 Å². The largest absolute Gasteiger partial charge is 0.369 e. The van der Waals surface area contributed by atoms with Gasteiger partial charge in [-0.25, -0.2) is 9.97 Å². The first-order chi connectivity index (χ1) is 10.2. The highest BCUT2D eigenvalue weighted by Crippen LogP contribution is 2.44. The highest BCUT2D eigenvalue weighted by Gasteiger charge is 2.29. The number of anilines is 1. The van der Waals surface area contributed by atoms with Crippen LogP contribution in [-0.2, 0) is 0 Å². The molecule has 1 aromatic heterocycles. The number of thioether (sulfide) groups is 1. The molecule has 1 heterocycles. The van der Waals surface area contributed by atoms with E-state index in [-0.39, 0.29) is 0 Å². The van der Waals surface area contributed by atoms with Gasteiger partial charge in [0.2, 0.25) is 0 Å². The summed E-state index contributed by atoms with van der Waals surface area (Å²) in [6.45, 7) is 2.93. The predicted octanol–water partition coefficient (Wildman–Crippen LogP) is 4.94. The van der Waals surface area contributed by atoms with E-state index in [1.54, 1.807) is 11.8 Å². The Balaban J connectivity index is 2.03. The molecule has 0 saturated heterocycles. The Morgan fingerprint density at radius 1 is 1.24 bits per heavy atom.